The summed E-state index contributed by atoms with van der Waals surface area (Å²) in [4.78, 5) is 23.5. The van der Waals surface area contributed by atoms with Crippen LogP contribution in [0.2, 0.25) is 0 Å². The zero-order valence-electron chi connectivity index (χ0n) is 9.60. The van der Waals surface area contributed by atoms with Gasteiger partial charge in [0.2, 0.25) is 0 Å². The lowest BCUT2D eigenvalue weighted by molar-refractivity contribution is 0.0960. The number of fused-ring (bicyclic) bond motifs is 1. The molecular weight excluding hydrogens is 230 g/mol. The maximum Gasteiger partial charge on any atom is 0.255 e. The molecule has 18 heavy (non-hydrogen) atoms. The van der Waals surface area contributed by atoms with E-state index in [1.807, 2.05) is 6.07 Å². The average Bonchev–Trinajstić information content (AvgIpc) is 3.15. The second-order valence-electron chi connectivity index (χ2n) is 4.31. The Hall–Kier alpha value is -2.42. The highest BCUT2D eigenvalue weighted by Crippen LogP contribution is 2.39. The van der Waals surface area contributed by atoms with Crippen molar-refractivity contribution < 1.29 is 4.79 Å². The lowest BCUT2D eigenvalue weighted by Gasteiger charge is -2.00. The number of hydrogen-bond donors (Lipinski definition) is 2. The van der Waals surface area contributed by atoms with Gasteiger partial charge in [-0.05, 0) is 12.8 Å². The molecule has 2 aromatic rings. The molecule has 3 rings (SSSR count). The molecule has 6 heteroatoms. The molecule has 0 unspecified atom stereocenters. The summed E-state index contributed by atoms with van der Waals surface area (Å²) in [6.07, 6.45) is 5.61. The molecule has 0 aromatic carbocycles. The lowest BCUT2D eigenvalue weighted by Crippen LogP contribution is -2.23. The van der Waals surface area contributed by atoms with Gasteiger partial charge in [-0.3, -0.25) is 4.79 Å². The zero-order valence-corrected chi connectivity index (χ0v) is 9.60. The fourth-order valence-corrected chi connectivity index (χ4v) is 1.87. The number of nitriles is 1. The molecule has 2 heterocycles. The second kappa shape index (κ2) is 4.11. The van der Waals surface area contributed by atoms with Gasteiger partial charge in [0, 0.05) is 12.1 Å². The molecule has 2 aromatic heterocycles. The first-order valence-electron chi connectivity index (χ1n) is 5.79. The van der Waals surface area contributed by atoms with Crippen LogP contribution in [0.1, 0.15) is 34.8 Å². The van der Waals surface area contributed by atoms with E-state index in [-0.39, 0.29) is 12.5 Å². The van der Waals surface area contributed by atoms with Gasteiger partial charge in [0.25, 0.3) is 5.91 Å². The smallest absolute Gasteiger partial charge is 0.255 e. The van der Waals surface area contributed by atoms with E-state index in [4.69, 9.17) is 5.26 Å². The van der Waals surface area contributed by atoms with Crippen LogP contribution in [0.4, 0.5) is 0 Å². The molecule has 1 aliphatic rings. The molecule has 90 valence electrons. The number of rotatable bonds is 3. The normalized spacial score (nSPS) is 14.4. The second-order valence-corrected chi connectivity index (χ2v) is 4.31. The summed E-state index contributed by atoms with van der Waals surface area (Å²) >= 11 is 0. The summed E-state index contributed by atoms with van der Waals surface area (Å²) in [6.45, 7) is -0.0126. The third kappa shape index (κ3) is 1.80. The highest BCUT2D eigenvalue weighted by Gasteiger charge is 2.26. The van der Waals surface area contributed by atoms with Gasteiger partial charge in [-0.15, -0.1) is 0 Å². The Balaban J connectivity index is 1.98. The van der Waals surface area contributed by atoms with E-state index in [0.29, 0.717) is 22.6 Å². The average molecular weight is 241 g/mol. The van der Waals surface area contributed by atoms with Gasteiger partial charge >= 0.3 is 0 Å². The Morgan fingerprint density at radius 1 is 1.61 bits per heavy atom. The summed E-state index contributed by atoms with van der Waals surface area (Å²) in [5.41, 5.74) is 2.56. The van der Waals surface area contributed by atoms with Crippen molar-refractivity contribution in [3.8, 4) is 6.07 Å². The van der Waals surface area contributed by atoms with Crippen LogP contribution in [0.3, 0.4) is 0 Å². The number of H-pyrrole nitrogens is 1. The van der Waals surface area contributed by atoms with Gasteiger partial charge in [0.1, 0.15) is 12.1 Å². The molecule has 1 amide bonds. The first-order chi connectivity index (χ1) is 8.79. The van der Waals surface area contributed by atoms with E-state index in [9.17, 15) is 4.79 Å². The van der Waals surface area contributed by atoms with E-state index >= 15 is 0 Å². The van der Waals surface area contributed by atoms with Crippen LogP contribution in [0.25, 0.3) is 11.2 Å². The van der Waals surface area contributed by atoms with Crippen molar-refractivity contribution in [2.45, 2.75) is 18.8 Å². The van der Waals surface area contributed by atoms with E-state index in [2.05, 4.69) is 20.3 Å². The number of amides is 1. The first kappa shape index (κ1) is 10.7. The fourth-order valence-electron chi connectivity index (χ4n) is 1.87. The molecular formula is C12H11N5O. The van der Waals surface area contributed by atoms with E-state index < -0.39 is 0 Å². The highest BCUT2D eigenvalue weighted by atomic mass is 16.1. The van der Waals surface area contributed by atoms with Crippen molar-refractivity contribution >= 4 is 17.1 Å². The minimum Gasteiger partial charge on any atom is -0.344 e. The van der Waals surface area contributed by atoms with Crippen LogP contribution in [-0.2, 0) is 0 Å². The molecule has 1 fully saturated rings. The Labute approximate surface area is 103 Å². The SMILES string of the molecule is N#CCNC(=O)c1c[nH]c2ncc(C3CC3)nc12. The monoisotopic (exact) mass is 241 g/mol. The summed E-state index contributed by atoms with van der Waals surface area (Å²) in [7, 11) is 0. The third-order valence-electron chi connectivity index (χ3n) is 2.97. The fraction of sp³-hybridized carbons (Fsp3) is 0.333. The maximum atomic E-state index is 11.8. The van der Waals surface area contributed by atoms with Gasteiger partial charge in [0.15, 0.2) is 5.65 Å². The minimum atomic E-state index is -0.301. The van der Waals surface area contributed by atoms with Gasteiger partial charge < -0.3 is 10.3 Å². The summed E-state index contributed by atoms with van der Waals surface area (Å²) in [5.74, 6) is 0.192. The van der Waals surface area contributed by atoms with Gasteiger partial charge in [-0.25, -0.2) is 9.97 Å². The maximum absolute atomic E-state index is 11.8. The predicted octanol–water partition coefficient (Wildman–Crippen LogP) is 1.09. The number of aromatic nitrogens is 3. The molecule has 0 atom stereocenters. The summed E-state index contributed by atoms with van der Waals surface area (Å²) < 4.78 is 0. The molecule has 1 aliphatic carbocycles. The lowest BCUT2D eigenvalue weighted by atomic mass is 10.2. The quantitative estimate of drug-likeness (QED) is 0.786. The summed E-state index contributed by atoms with van der Waals surface area (Å²) in [6, 6.07) is 1.87. The van der Waals surface area contributed by atoms with Crippen molar-refractivity contribution in [2.24, 2.45) is 0 Å². The number of carbonyl (C=O) groups is 1. The molecule has 1 saturated carbocycles. The molecule has 0 spiro atoms. The number of nitrogens with zero attached hydrogens (tertiary/aromatic N) is 3. The third-order valence-corrected chi connectivity index (χ3v) is 2.97. The van der Waals surface area contributed by atoms with Crippen LogP contribution in [-0.4, -0.2) is 27.4 Å². The number of carbonyl (C=O) groups excluding carboxylic acids is 1. The standard InChI is InChI=1S/C12H11N5O/c13-3-4-14-12(18)8-5-15-11-10(8)17-9(6-16-11)7-1-2-7/h5-7H,1-2,4H2,(H,14,18)(H,15,16). The Kier molecular flexibility index (Phi) is 2.45. The number of hydrogen-bond acceptors (Lipinski definition) is 4. The van der Waals surface area contributed by atoms with Gasteiger partial charge in [-0.2, -0.15) is 5.26 Å². The largest absolute Gasteiger partial charge is 0.344 e. The van der Waals surface area contributed by atoms with Crippen molar-refractivity contribution in [1.29, 1.82) is 5.26 Å². The molecule has 0 radical (unpaired) electrons. The molecule has 0 saturated heterocycles. The van der Waals surface area contributed by atoms with Gasteiger partial charge in [-0.1, -0.05) is 0 Å². The zero-order chi connectivity index (χ0) is 12.5. The molecule has 0 aliphatic heterocycles. The van der Waals surface area contributed by atoms with Gasteiger partial charge in [0.05, 0.1) is 23.5 Å². The van der Waals surface area contributed by atoms with Crippen molar-refractivity contribution in [2.75, 3.05) is 6.54 Å². The van der Waals surface area contributed by atoms with Crippen LogP contribution >= 0.6 is 0 Å². The summed E-state index contributed by atoms with van der Waals surface area (Å²) in [5, 5.41) is 11.0. The highest BCUT2D eigenvalue weighted by molar-refractivity contribution is 6.04. The predicted molar refractivity (Wildman–Crippen MR) is 63.8 cm³/mol. The van der Waals surface area contributed by atoms with Crippen LogP contribution in [0, 0.1) is 11.3 Å². The Bertz CT molecular complexity index is 650. The van der Waals surface area contributed by atoms with E-state index in [1.165, 1.54) is 0 Å². The van der Waals surface area contributed by atoms with Crippen molar-refractivity contribution in [1.82, 2.24) is 20.3 Å². The van der Waals surface area contributed by atoms with Crippen LogP contribution in [0.5, 0.6) is 0 Å². The number of nitrogens with one attached hydrogen (secondary N) is 2. The number of aromatic amines is 1. The Morgan fingerprint density at radius 3 is 3.17 bits per heavy atom. The molecule has 0 bridgehead atoms. The first-order valence-corrected chi connectivity index (χ1v) is 5.79. The van der Waals surface area contributed by atoms with E-state index in [1.54, 1.807) is 12.4 Å². The van der Waals surface area contributed by atoms with Crippen molar-refractivity contribution in [3.63, 3.8) is 0 Å². The van der Waals surface area contributed by atoms with E-state index in [0.717, 1.165) is 18.5 Å². The van der Waals surface area contributed by atoms with Crippen molar-refractivity contribution in [3.05, 3.63) is 23.7 Å². The van der Waals surface area contributed by atoms with Crippen LogP contribution in [0.15, 0.2) is 12.4 Å². The Morgan fingerprint density at radius 2 is 2.44 bits per heavy atom. The minimum absolute atomic E-state index is 0.0126. The van der Waals surface area contributed by atoms with Crippen LogP contribution < -0.4 is 5.32 Å². The molecule has 6 nitrogen and oxygen atoms in total. The topological polar surface area (TPSA) is 94.5 Å². The molecule has 2 N–H and O–H groups in total.